The summed E-state index contributed by atoms with van der Waals surface area (Å²) in [5.74, 6) is 1.04. The molecule has 1 aromatic rings. The molecule has 1 aromatic heterocycles. The van der Waals surface area contributed by atoms with E-state index in [9.17, 15) is 0 Å². The van der Waals surface area contributed by atoms with Crippen molar-refractivity contribution < 1.29 is 4.74 Å². The molecule has 0 saturated heterocycles. The number of rotatable bonds is 5. The standard InChI is InChI=1S/C10H19N5O/c1-6(2)11-8-13-9(12-7(3)4)15-10(14-8)16-5/h6-7H,1-5H3,(H2,11,12,13,14,15)/i8+1,9+1,10+1. The fourth-order valence-corrected chi connectivity index (χ4v) is 1.09. The Labute approximate surface area is 95.9 Å². The lowest BCUT2D eigenvalue weighted by atomic mass is 10.4. The third kappa shape index (κ3) is 3.88. The van der Waals surface area contributed by atoms with E-state index in [0.29, 0.717) is 17.9 Å². The van der Waals surface area contributed by atoms with Gasteiger partial charge in [0.15, 0.2) is 0 Å². The molecule has 0 saturated carbocycles. The summed E-state index contributed by atoms with van der Waals surface area (Å²) in [6.45, 7) is 8.08. The maximum atomic E-state index is 5.02. The summed E-state index contributed by atoms with van der Waals surface area (Å²) < 4.78 is 5.02. The monoisotopic (exact) mass is 228 g/mol. The molecule has 0 aliphatic rings. The minimum Gasteiger partial charge on any atom is -0.467 e. The van der Waals surface area contributed by atoms with Crippen molar-refractivity contribution >= 4 is 11.9 Å². The molecule has 6 heteroatoms. The van der Waals surface area contributed by atoms with Crippen molar-refractivity contribution in [3.05, 3.63) is 0 Å². The van der Waals surface area contributed by atoms with Gasteiger partial charge in [0.05, 0.1) is 7.11 Å². The molecule has 0 bridgehead atoms. The van der Waals surface area contributed by atoms with E-state index in [1.807, 2.05) is 27.7 Å². The molecule has 0 spiro atoms. The zero-order chi connectivity index (χ0) is 12.1. The first kappa shape index (κ1) is 12.5. The number of anilines is 2. The summed E-state index contributed by atoms with van der Waals surface area (Å²) in [5.41, 5.74) is 0. The lowest BCUT2D eigenvalue weighted by Crippen LogP contribution is -2.17. The van der Waals surface area contributed by atoms with E-state index in [2.05, 4.69) is 25.6 Å². The predicted octanol–water partition coefficient (Wildman–Crippen LogP) is 1.52. The van der Waals surface area contributed by atoms with E-state index < -0.39 is 0 Å². The molecule has 0 aliphatic heterocycles. The number of methoxy groups -OCH3 is 1. The van der Waals surface area contributed by atoms with Crippen LogP contribution in [0.3, 0.4) is 0 Å². The van der Waals surface area contributed by atoms with Gasteiger partial charge in [0, 0.05) is 12.1 Å². The number of aromatic nitrogens is 3. The summed E-state index contributed by atoms with van der Waals surface area (Å²) in [5, 5.41) is 6.22. The second-order valence-electron chi connectivity index (χ2n) is 4.07. The Morgan fingerprint density at radius 1 is 0.875 bits per heavy atom. The van der Waals surface area contributed by atoms with Crippen molar-refractivity contribution in [3.63, 3.8) is 0 Å². The summed E-state index contributed by atoms with van der Waals surface area (Å²) in [4.78, 5) is 12.4. The lowest BCUT2D eigenvalue weighted by molar-refractivity contribution is 0.379. The fraction of sp³-hybridized carbons (Fsp3) is 0.700. The number of nitrogens with one attached hydrogen (secondary N) is 2. The Balaban J connectivity index is 2.91. The predicted molar refractivity (Wildman–Crippen MR) is 63.9 cm³/mol. The molecule has 0 fully saturated rings. The molecule has 16 heavy (non-hydrogen) atoms. The normalized spacial score (nSPS) is 10.7. The smallest absolute Gasteiger partial charge is 0.322 e. The molecule has 0 atom stereocenters. The van der Waals surface area contributed by atoms with Gasteiger partial charge in [0.25, 0.3) is 0 Å². The van der Waals surface area contributed by atoms with Gasteiger partial charge in [-0.2, -0.15) is 15.0 Å². The Kier molecular flexibility index (Phi) is 4.28. The summed E-state index contributed by atoms with van der Waals surface area (Å²) >= 11 is 0. The van der Waals surface area contributed by atoms with Crippen molar-refractivity contribution in [2.24, 2.45) is 0 Å². The summed E-state index contributed by atoms with van der Waals surface area (Å²) in [7, 11) is 1.54. The highest BCUT2D eigenvalue weighted by molar-refractivity contribution is 5.36. The van der Waals surface area contributed by atoms with Crippen molar-refractivity contribution in [3.8, 4) is 6.01 Å². The summed E-state index contributed by atoms with van der Waals surface area (Å²) in [6.07, 6.45) is 0. The Hall–Kier alpha value is -1.59. The Bertz CT molecular complexity index is 312. The van der Waals surface area contributed by atoms with Gasteiger partial charge < -0.3 is 15.4 Å². The van der Waals surface area contributed by atoms with Crippen molar-refractivity contribution in [2.75, 3.05) is 17.7 Å². The van der Waals surface area contributed by atoms with E-state index >= 15 is 0 Å². The van der Waals surface area contributed by atoms with E-state index in [0.717, 1.165) is 0 Å². The van der Waals surface area contributed by atoms with E-state index in [1.54, 1.807) is 0 Å². The molecule has 0 amide bonds. The zero-order valence-corrected chi connectivity index (χ0v) is 10.4. The maximum absolute atomic E-state index is 5.02. The number of ether oxygens (including phenoxy) is 1. The molecule has 0 aromatic carbocycles. The van der Waals surface area contributed by atoms with E-state index in [1.165, 1.54) is 7.11 Å². The highest BCUT2D eigenvalue weighted by atomic mass is 16.6. The van der Waals surface area contributed by atoms with Gasteiger partial charge in [-0.05, 0) is 27.7 Å². The van der Waals surface area contributed by atoms with Crippen LogP contribution in [0.15, 0.2) is 0 Å². The van der Waals surface area contributed by atoms with E-state index in [4.69, 9.17) is 4.74 Å². The summed E-state index contributed by atoms with van der Waals surface area (Å²) in [6, 6.07) is 0.833. The lowest BCUT2D eigenvalue weighted by Gasteiger charge is -2.12. The van der Waals surface area contributed by atoms with Crippen LogP contribution in [-0.2, 0) is 0 Å². The van der Waals surface area contributed by atoms with Crippen LogP contribution in [0.25, 0.3) is 0 Å². The SMILES string of the molecule is CO[13c]1n[13c](NC(C)C)n[13c](NC(C)C)n1. The molecule has 2 N–H and O–H groups in total. The average molecular weight is 228 g/mol. The zero-order valence-electron chi connectivity index (χ0n) is 10.4. The second-order valence-corrected chi connectivity index (χ2v) is 4.07. The second kappa shape index (κ2) is 5.48. The van der Waals surface area contributed by atoms with Gasteiger partial charge >= 0.3 is 6.01 Å². The fourth-order valence-electron chi connectivity index (χ4n) is 1.09. The minimum absolute atomic E-state index is 0.263. The molecule has 0 aliphatic carbocycles. The van der Waals surface area contributed by atoms with Crippen molar-refractivity contribution in [1.82, 2.24) is 15.0 Å². The van der Waals surface area contributed by atoms with Gasteiger partial charge in [-0.1, -0.05) is 0 Å². The van der Waals surface area contributed by atoms with Crippen LogP contribution in [0.1, 0.15) is 27.7 Å². The van der Waals surface area contributed by atoms with Crippen LogP contribution in [-0.4, -0.2) is 34.1 Å². The molecular weight excluding hydrogens is 209 g/mol. The van der Waals surface area contributed by atoms with Crippen LogP contribution in [0.2, 0.25) is 0 Å². The first-order chi connectivity index (χ1) is 7.51. The molecule has 1 rings (SSSR count). The third-order valence-corrected chi connectivity index (χ3v) is 1.63. The van der Waals surface area contributed by atoms with E-state index in [-0.39, 0.29) is 12.1 Å². The minimum atomic E-state index is 0.263. The average Bonchev–Trinajstić information content (AvgIpc) is 2.14. The molecule has 0 radical (unpaired) electrons. The van der Waals surface area contributed by atoms with Crippen LogP contribution >= 0.6 is 0 Å². The molecule has 1 heterocycles. The largest absolute Gasteiger partial charge is 0.467 e. The number of hydrogen-bond acceptors (Lipinski definition) is 6. The first-order valence-corrected chi connectivity index (χ1v) is 5.34. The Morgan fingerprint density at radius 3 is 1.62 bits per heavy atom. The van der Waals surface area contributed by atoms with Gasteiger partial charge in [0.2, 0.25) is 11.9 Å². The van der Waals surface area contributed by atoms with Crippen LogP contribution < -0.4 is 15.4 Å². The Morgan fingerprint density at radius 2 is 1.31 bits per heavy atom. The first-order valence-electron chi connectivity index (χ1n) is 5.34. The van der Waals surface area contributed by atoms with Crippen LogP contribution in [0.4, 0.5) is 11.9 Å². The highest BCUT2D eigenvalue weighted by Crippen LogP contribution is 2.12. The quantitative estimate of drug-likeness (QED) is 0.796. The van der Waals surface area contributed by atoms with Crippen molar-refractivity contribution in [1.29, 1.82) is 0 Å². The van der Waals surface area contributed by atoms with Gasteiger partial charge in [0.1, 0.15) is 0 Å². The highest BCUT2D eigenvalue weighted by Gasteiger charge is 2.08. The maximum Gasteiger partial charge on any atom is 0.322 e. The third-order valence-electron chi connectivity index (χ3n) is 1.63. The van der Waals surface area contributed by atoms with Crippen molar-refractivity contribution in [2.45, 2.75) is 39.8 Å². The van der Waals surface area contributed by atoms with Gasteiger partial charge in [-0.3, -0.25) is 0 Å². The van der Waals surface area contributed by atoms with Crippen LogP contribution in [0, 0.1) is 0 Å². The number of hydrogen-bond donors (Lipinski definition) is 2. The van der Waals surface area contributed by atoms with Crippen LogP contribution in [0.5, 0.6) is 6.01 Å². The van der Waals surface area contributed by atoms with Gasteiger partial charge in [-0.25, -0.2) is 0 Å². The topological polar surface area (TPSA) is 72.0 Å². The van der Waals surface area contributed by atoms with Gasteiger partial charge in [-0.15, -0.1) is 0 Å². The molecule has 6 nitrogen and oxygen atoms in total. The molecule has 90 valence electrons. The molecular formula is C10H19N5O. The molecule has 0 unspecified atom stereocenters. The number of nitrogens with zero attached hydrogens (tertiary/aromatic N) is 3.